The molecule has 0 aromatic rings. The van der Waals surface area contributed by atoms with Crippen LogP contribution >= 0.6 is 0 Å². The van der Waals surface area contributed by atoms with Crippen LogP contribution in [0.5, 0.6) is 0 Å². The van der Waals surface area contributed by atoms with Gasteiger partial charge >= 0.3 is 0 Å². The molecule has 0 aliphatic rings. The quantitative estimate of drug-likeness (QED) is 0.630. The highest BCUT2D eigenvalue weighted by molar-refractivity contribution is 6.78. The fourth-order valence-electron chi connectivity index (χ4n) is 1.91. The molecule has 0 rings (SSSR count). The summed E-state index contributed by atoms with van der Waals surface area (Å²) >= 11 is 0. The van der Waals surface area contributed by atoms with Crippen LogP contribution in [-0.2, 0) is 0 Å². The third-order valence-electron chi connectivity index (χ3n) is 2.93. The van der Waals surface area contributed by atoms with Crippen molar-refractivity contribution in [3.63, 3.8) is 0 Å². The Hall–Kier alpha value is 0.177. The minimum atomic E-state index is -1.07. The first-order chi connectivity index (χ1) is 5.13. The van der Waals surface area contributed by atoms with Crippen molar-refractivity contribution in [3.05, 3.63) is 0 Å². The molecule has 2 heteroatoms. The van der Waals surface area contributed by atoms with Crippen molar-refractivity contribution in [3.8, 4) is 0 Å². The maximum atomic E-state index is 3.60. The fraction of sp³-hybridized carbons (Fsp3) is 1.00. The van der Waals surface area contributed by atoms with Gasteiger partial charge in [0.15, 0.2) is 0 Å². The molecule has 1 N–H and O–H groups in total. The van der Waals surface area contributed by atoms with Gasteiger partial charge in [-0.05, 0) is 24.7 Å². The predicted molar refractivity (Wildman–Crippen MR) is 55.5 cm³/mol. The van der Waals surface area contributed by atoms with Crippen LogP contribution in [-0.4, -0.2) is 15.3 Å². The number of nitrogens with one attached hydrogen (secondary N) is 1. The van der Waals surface area contributed by atoms with E-state index in [1.165, 1.54) is 18.5 Å². The molecule has 0 aliphatic carbocycles. The minimum Gasteiger partial charge on any atom is -0.340 e. The van der Waals surface area contributed by atoms with Crippen LogP contribution < -0.4 is 4.98 Å². The van der Waals surface area contributed by atoms with E-state index in [-0.39, 0.29) is 0 Å². The van der Waals surface area contributed by atoms with E-state index in [4.69, 9.17) is 0 Å². The Morgan fingerprint density at radius 2 is 1.82 bits per heavy atom. The van der Waals surface area contributed by atoms with Gasteiger partial charge in [0.1, 0.15) is 8.24 Å². The van der Waals surface area contributed by atoms with Gasteiger partial charge in [0.25, 0.3) is 0 Å². The lowest BCUT2D eigenvalue weighted by Crippen LogP contribution is -2.50. The van der Waals surface area contributed by atoms with Crippen LogP contribution in [0, 0.1) is 0 Å². The molecule has 1 nitrogen and oxygen atoms in total. The maximum Gasteiger partial charge on any atom is 0.127 e. The van der Waals surface area contributed by atoms with Crippen molar-refractivity contribution >= 4 is 8.24 Å². The summed E-state index contributed by atoms with van der Waals surface area (Å²) in [6, 6.07) is 2.80. The van der Waals surface area contributed by atoms with Crippen molar-refractivity contribution in [2.24, 2.45) is 0 Å². The van der Waals surface area contributed by atoms with Crippen molar-refractivity contribution < 1.29 is 0 Å². The van der Waals surface area contributed by atoms with E-state index in [9.17, 15) is 0 Å². The molecule has 0 radical (unpaired) electrons. The zero-order valence-corrected chi connectivity index (χ0v) is 9.70. The minimum absolute atomic E-state index is 0.873. The van der Waals surface area contributed by atoms with Crippen LogP contribution in [0.3, 0.4) is 0 Å². The zero-order chi connectivity index (χ0) is 8.91. The summed E-state index contributed by atoms with van der Waals surface area (Å²) in [6.07, 6.45) is 1.33. The normalized spacial score (nSPS) is 16.9. The lowest BCUT2D eigenvalue weighted by atomic mass is 10.5. The van der Waals surface area contributed by atoms with Crippen molar-refractivity contribution in [2.45, 2.75) is 51.7 Å². The largest absolute Gasteiger partial charge is 0.340 e. The average molecular weight is 173 g/mol. The second-order valence-corrected chi connectivity index (χ2v) is 8.84. The lowest BCUT2D eigenvalue weighted by molar-refractivity contribution is 0.863. The summed E-state index contributed by atoms with van der Waals surface area (Å²) in [6.45, 7) is 9.35. The molecule has 0 spiro atoms. The second-order valence-electron chi connectivity index (χ2n) is 3.66. The molecule has 1 atom stereocenters. The Bertz CT molecular complexity index is 97.7. The van der Waals surface area contributed by atoms with E-state index in [0.717, 1.165) is 5.54 Å². The standard InChI is InChI=1S/C9H23NSi/c1-6-8-11(7-2,10-5)9(3)4/h9-10H,6-8H2,1-5H3. The topological polar surface area (TPSA) is 12.0 Å². The van der Waals surface area contributed by atoms with E-state index in [2.05, 4.69) is 39.7 Å². The van der Waals surface area contributed by atoms with Crippen LogP contribution in [0.15, 0.2) is 0 Å². The van der Waals surface area contributed by atoms with E-state index < -0.39 is 8.24 Å². The third-order valence-corrected chi connectivity index (χ3v) is 8.79. The molecular formula is C9H23NSi. The molecule has 0 aliphatic heterocycles. The summed E-state index contributed by atoms with van der Waals surface area (Å²) < 4.78 is 0. The van der Waals surface area contributed by atoms with Gasteiger partial charge in [-0.2, -0.15) is 0 Å². The van der Waals surface area contributed by atoms with Gasteiger partial charge in [0, 0.05) is 0 Å². The first-order valence-corrected chi connectivity index (χ1v) is 7.31. The smallest absolute Gasteiger partial charge is 0.127 e. The van der Waals surface area contributed by atoms with Crippen molar-refractivity contribution in [1.29, 1.82) is 0 Å². The summed E-state index contributed by atoms with van der Waals surface area (Å²) in [5.74, 6) is 0. The number of hydrogen-bond donors (Lipinski definition) is 1. The van der Waals surface area contributed by atoms with Gasteiger partial charge in [0.2, 0.25) is 0 Å². The zero-order valence-electron chi connectivity index (χ0n) is 8.70. The lowest BCUT2D eigenvalue weighted by Gasteiger charge is -2.33. The van der Waals surface area contributed by atoms with Gasteiger partial charge in [-0.3, -0.25) is 0 Å². The Labute approximate surface area is 72.7 Å². The summed E-state index contributed by atoms with van der Waals surface area (Å²) in [5, 5.41) is 0. The Morgan fingerprint density at radius 1 is 1.27 bits per heavy atom. The Kier molecular flexibility index (Phi) is 5.02. The molecule has 0 fully saturated rings. The summed E-state index contributed by atoms with van der Waals surface area (Å²) in [7, 11) is 1.07. The highest BCUT2D eigenvalue weighted by Crippen LogP contribution is 2.26. The van der Waals surface area contributed by atoms with Gasteiger partial charge in [-0.25, -0.2) is 0 Å². The molecule has 68 valence electrons. The van der Waals surface area contributed by atoms with Crippen molar-refractivity contribution in [2.75, 3.05) is 7.05 Å². The van der Waals surface area contributed by atoms with Gasteiger partial charge in [-0.1, -0.05) is 34.1 Å². The van der Waals surface area contributed by atoms with Gasteiger partial charge in [-0.15, -0.1) is 0 Å². The summed E-state index contributed by atoms with van der Waals surface area (Å²) in [4.78, 5) is 3.60. The molecule has 11 heavy (non-hydrogen) atoms. The SMILES string of the molecule is CCC[Si](CC)(NC)C(C)C. The van der Waals surface area contributed by atoms with E-state index in [0.29, 0.717) is 0 Å². The first-order valence-electron chi connectivity index (χ1n) is 4.81. The molecule has 0 aromatic heterocycles. The second kappa shape index (κ2) is 4.94. The molecular weight excluding hydrogens is 150 g/mol. The molecule has 0 bridgehead atoms. The van der Waals surface area contributed by atoms with Gasteiger partial charge < -0.3 is 4.98 Å². The first kappa shape index (κ1) is 11.2. The van der Waals surface area contributed by atoms with Crippen LogP contribution in [0.2, 0.25) is 17.6 Å². The molecule has 0 saturated heterocycles. The van der Waals surface area contributed by atoms with Crippen LogP contribution in [0.25, 0.3) is 0 Å². The number of rotatable bonds is 5. The van der Waals surface area contributed by atoms with Gasteiger partial charge in [0.05, 0.1) is 0 Å². The average Bonchev–Trinajstić information content (AvgIpc) is 2.00. The van der Waals surface area contributed by atoms with E-state index in [1.807, 2.05) is 0 Å². The molecule has 0 aromatic carbocycles. The fourth-order valence-corrected chi connectivity index (χ4v) is 5.73. The van der Waals surface area contributed by atoms with E-state index >= 15 is 0 Å². The number of hydrogen-bond acceptors (Lipinski definition) is 1. The van der Waals surface area contributed by atoms with Crippen molar-refractivity contribution in [1.82, 2.24) is 4.98 Å². The molecule has 0 heterocycles. The Balaban J connectivity index is 4.20. The predicted octanol–water partition coefficient (Wildman–Crippen LogP) is 2.99. The highest BCUT2D eigenvalue weighted by Gasteiger charge is 2.31. The third kappa shape index (κ3) is 2.60. The molecule has 0 amide bonds. The maximum absolute atomic E-state index is 3.60. The molecule has 0 saturated carbocycles. The van der Waals surface area contributed by atoms with Crippen LogP contribution in [0.1, 0.15) is 34.1 Å². The Morgan fingerprint density at radius 3 is 1.91 bits per heavy atom. The summed E-state index contributed by atoms with van der Waals surface area (Å²) in [5.41, 5.74) is 0.873. The molecule has 1 unspecified atom stereocenters. The van der Waals surface area contributed by atoms with Crippen LogP contribution in [0.4, 0.5) is 0 Å². The monoisotopic (exact) mass is 173 g/mol. The highest BCUT2D eigenvalue weighted by atomic mass is 28.3. The van der Waals surface area contributed by atoms with E-state index in [1.54, 1.807) is 0 Å².